The number of nitriles is 1. The van der Waals surface area contributed by atoms with Gasteiger partial charge >= 0.3 is 0 Å². The Bertz CT molecular complexity index is 476. The van der Waals surface area contributed by atoms with Gasteiger partial charge in [-0.2, -0.15) is 5.26 Å². The number of hydrogen-bond donors (Lipinski definition) is 0. The minimum atomic E-state index is -0.0820. The van der Waals surface area contributed by atoms with Gasteiger partial charge in [0.1, 0.15) is 6.07 Å². The lowest BCUT2D eigenvalue weighted by molar-refractivity contribution is 0.0303. The standard InChI is InChI=1S/C12H11ClN2O2/c13-11-2-1-9(7-10(11)8-14)12(16)15-3-5-17-6-4-15/h1-2,7H,3-6H2. The molecule has 88 valence electrons. The lowest BCUT2D eigenvalue weighted by Gasteiger charge is -2.26. The van der Waals surface area contributed by atoms with Crippen LogP contribution in [0.1, 0.15) is 15.9 Å². The molecule has 1 aliphatic rings. The van der Waals surface area contributed by atoms with E-state index in [2.05, 4.69) is 0 Å². The van der Waals surface area contributed by atoms with Gasteiger partial charge in [0.05, 0.1) is 23.8 Å². The van der Waals surface area contributed by atoms with Crippen LogP contribution in [0.5, 0.6) is 0 Å². The van der Waals surface area contributed by atoms with E-state index in [1.165, 1.54) is 6.07 Å². The molecular weight excluding hydrogens is 240 g/mol. The number of morpholine rings is 1. The third-order valence-electron chi connectivity index (χ3n) is 2.63. The summed E-state index contributed by atoms with van der Waals surface area (Å²) in [7, 11) is 0. The lowest BCUT2D eigenvalue weighted by Crippen LogP contribution is -2.40. The van der Waals surface area contributed by atoms with Gasteiger partial charge in [0.25, 0.3) is 5.91 Å². The molecule has 1 fully saturated rings. The van der Waals surface area contributed by atoms with Crippen LogP contribution in [0.2, 0.25) is 5.02 Å². The van der Waals surface area contributed by atoms with E-state index in [0.717, 1.165) is 0 Å². The van der Waals surface area contributed by atoms with E-state index in [9.17, 15) is 4.79 Å². The van der Waals surface area contributed by atoms with E-state index in [4.69, 9.17) is 21.6 Å². The van der Waals surface area contributed by atoms with E-state index in [-0.39, 0.29) is 5.91 Å². The molecule has 0 N–H and O–H groups in total. The molecule has 0 atom stereocenters. The average Bonchev–Trinajstić information content (AvgIpc) is 2.39. The quantitative estimate of drug-likeness (QED) is 0.762. The second-order valence-corrected chi connectivity index (χ2v) is 4.12. The zero-order valence-corrected chi connectivity index (χ0v) is 9.91. The maximum Gasteiger partial charge on any atom is 0.254 e. The van der Waals surface area contributed by atoms with Crippen molar-refractivity contribution < 1.29 is 9.53 Å². The molecule has 0 spiro atoms. The highest BCUT2D eigenvalue weighted by Gasteiger charge is 2.19. The van der Waals surface area contributed by atoms with Crippen molar-refractivity contribution in [1.29, 1.82) is 5.26 Å². The summed E-state index contributed by atoms with van der Waals surface area (Å²) in [6, 6.07) is 6.71. The summed E-state index contributed by atoms with van der Waals surface area (Å²) in [4.78, 5) is 13.8. The average molecular weight is 251 g/mol. The van der Waals surface area contributed by atoms with Gasteiger partial charge < -0.3 is 9.64 Å². The van der Waals surface area contributed by atoms with E-state index >= 15 is 0 Å². The van der Waals surface area contributed by atoms with E-state index < -0.39 is 0 Å². The Labute approximate surface area is 104 Å². The van der Waals surface area contributed by atoms with Crippen molar-refractivity contribution in [2.75, 3.05) is 26.3 Å². The number of rotatable bonds is 1. The SMILES string of the molecule is N#Cc1cc(C(=O)N2CCOCC2)ccc1Cl. The van der Waals surface area contributed by atoms with Gasteiger partial charge in [-0.1, -0.05) is 11.6 Å². The zero-order valence-electron chi connectivity index (χ0n) is 9.15. The number of hydrogen-bond acceptors (Lipinski definition) is 3. The third kappa shape index (κ3) is 2.57. The van der Waals surface area contributed by atoms with Gasteiger partial charge in [-0.05, 0) is 18.2 Å². The van der Waals surface area contributed by atoms with Gasteiger partial charge in [0, 0.05) is 18.7 Å². The summed E-state index contributed by atoms with van der Waals surface area (Å²) in [6.45, 7) is 2.29. The molecule has 0 unspecified atom stereocenters. The number of halogens is 1. The fourth-order valence-corrected chi connectivity index (χ4v) is 1.85. The summed E-state index contributed by atoms with van der Waals surface area (Å²) in [6.07, 6.45) is 0. The molecule has 1 aromatic rings. The molecule has 5 heteroatoms. The Kier molecular flexibility index (Phi) is 3.62. The highest BCUT2D eigenvalue weighted by atomic mass is 35.5. The number of ether oxygens (including phenoxy) is 1. The van der Waals surface area contributed by atoms with Gasteiger partial charge in [-0.25, -0.2) is 0 Å². The molecule has 1 heterocycles. The zero-order chi connectivity index (χ0) is 12.3. The smallest absolute Gasteiger partial charge is 0.254 e. The molecular formula is C12H11ClN2O2. The van der Waals surface area contributed by atoms with E-state index in [1.807, 2.05) is 6.07 Å². The van der Waals surface area contributed by atoms with Crippen LogP contribution in [0.3, 0.4) is 0 Å². The number of nitrogens with zero attached hydrogens (tertiary/aromatic N) is 2. The fraction of sp³-hybridized carbons (Fsp3) is 0.333. The Hall–Kier alpha value is -1.57. The largest absolute Gasteiger partial charge is 0.378 e. The van der Waals surface area contributed by atoms with Crippen molar-refractivity contribution in [1.82, 2.24) is 4.90 Å². The first-order valence-electron chi connectivity index (χ1n) is 5.29. The minimum absolute atomic E-state index is 0.0820. The Balaban J connectivity index is 2.22. The molecule has 0 bridgehead atoms. The van der Waals surface area contributed by atoms with Gasteiger partial charge in [-0.15, -0.1) is 0 Å². The summed E-state index contributed by atoms with van der Waals surface area (Å²) in [5.41, 5.74) is 0.818. The van der Waals surface area contributed by atoms with Crippen molar-refractivity contribution in [2.45, 2.75) is 0 Å². The van der Waals surface area contributed by atoms with Crippen molar-refractivity contribution in [2.24, 2.45) is 0 Å². The monoisotopic (exact) mass is 250 g/mol. The predicted molar refractivity (Wildman–Crippen MR) is 62.9 cm³/mol. The van der Waals surface area contributed by atoms with Crippen LogP contribution in [0, 0.1) is 11.3 Å². The maximum absolute atomic E-state index is 12.1. The van der Waals surface area contributed by atoms with E-state index in [0.29, 0.717) is 42.5 Å². The highest BCUT2D eigenvalue weighted by Crippen LogP contribution is 2.18. The van der Waals surface area contributed by atoms with Gasteiger partial charge in [-0.3, -0.25) is 4.79 Å². The fourth-order valence-electron chi connectivity index (χ4n) is 1.69. The third-order valence-corrected chi connectivity index (χ3v) is 2.96. The molecule has 2 rings (SSSR count). The van der Waals surface area contributed by atoms with Crippen molar-refractivity contribution in [3.8, 4) is 6.07 Å². The van der Waals surface area contributed by atoms with Crippen molar-refractivity contribution >= 4 is 17.5 Å². The predicted octanol–water partition coefficient (Wildman–Crippen LogP) is 1.68. The van der Waals surface area contributed by atoms with Crippen molar-refractivity contribution in [3.63, 3.8) is 0 Å². The second kappa shape index (κ2) is 5.17. The van der Waals surface area contributed by atoms with E-state index in [1.54, 1.807) is 17.0 Å². The lowest BCUT2D eigenvalue weighted by atomic mass is 10.1. The summed E-state index contributed by atoms with van der Waals surface area (Å²) >= 11 is 5.82. The molecule has 1 saturated heterocycles. The summed E-state index contributed by atoms with van der Waals surface area (Å²) in [5.74, 6) is -0.0820. The maximum atomic E-state index is 12.1. The Morgan fingerprint density at radius 2 is 2.12 bits per heavy atom. The highest BCUT2D eigenvalue weighted by molar-refractivity contribution is 6.31. The molecule has 0 saturated carbocycles. The molecule has 4 nitrogen and oxygen atoms in total. The molecule has 0 radical (unpaired) electrons. The van der Waals surface area contributed by atoms with Crippen LogP contribution < -0.4 is 0 Å². The van der Waals surface area contributed by atoms with Crippen LogP contribution >= 0.6 is 11.6 Å². The van der Waals surface area contributed by atoms with Crippen LogP contribution in [-0.4, -0.2) is 37.1 Å². The second-order valence-electron chi connectivity index (χ2n) is 3.71. The first-order chi connectivity index (χ1) is 8.22. The van der Waals surface area contributed by atoms with Crippen LogP contribution in [0.4, 0.5) is 0 Å². The topological polar surface area (TPSA) is 53.3 Å². The summed E-state index contributed by atoms with van der Waals surface area (Å²) in [5, 5.41) is 9.22. The Morgan fingerprint density at radius 3 is 2.76 bits per heavy atom. The van der Waals surface area contributed by atoms with Crippen molar-refractivity contribution in [3.05, 3.63) is 34.3 Å². The molecule has 0 aliphatic carbocycles. The van der Waals surface area contributed by atoms with Gasteiger partial charge in [0.2, 0.25) is 0 Å². The van der Waals surface area contributed by atoms with Gasteiger partial charge in [0.15, 0.2) is 0 Å². The normalized spacial score (nSPS) is 15.4. The number of carbonyl (C=O) groups is 1. The minimum Gasteiger partial charge on any atom is -0.378 e. The first kappa shape index (κ1) is 11.9. The van der Waals surface area contributed by atoms with Crippen LogP contribution in [0.15, 0.2) is 18.2 Å². The number of carbonyl (C=O) groups excluding carboxylic acids is 1. The molecule has 0 aromatic heterocycles. The Morgan fingerprint density at radius 1 is 1.41 bits per heavy atom. The molecule has 1 aromatic carbocycles. The number of benzene rings is 1. The molecule has 17 heavy (non-hydrogen) atoms. The summed E-state index contributed by atoms with van der Waals surface area (Å²) < 4.78 is 5.18. The first-order valence-corrected chi connectivity index (χ1v) is 5.67. The molecule has 1 amide bonds. The van der Waals surface area contributed by atoms with Crippen LogP contribution in [-0.2, 0) is 4.74 Å². The molecule has 1 aliphatic heterocycles. The number of amides is 1. The van der Waals surface area contributed by atoms with Crippen LogP contribution in [0.25, 0.3) is 0 Å².